The van der Waals surface area contributed by atoms with Gasteiger partial charge < -0.3 is 15.4 Å². The Morgan fingerprint density at radius 3 is 2.37 bits per heavy atom. The minimum Gasteiger partial charge on any atom is -0.443 e. The molecule has 2 aliphatic rings. The van der Waals surface area contributed by atoms with E-state index in [-0.39, 0.29) is 5.54 Å². The molecule has 3 aromatic rings. The molecule has 0 unspecified atom stereocenters. The second kappa shape index (κ2) is 7.29. The van der Waals surface area contributed by atoms with Crippen molar-refractivity contribution in [3.05, 3.63) is 78.7 Å². The van der Waals surface area contributed by atoms with E-state index in [9.17, 15) is 0 Å². The van der Waals surface area contributed by atoms with Crippen LogP contribution in [0.15, 0.2) is 73.1 Å². The van der Waals surface area contributed by atoms with Crippen molar-refractivity contribution in [2.24, 2.45) is 5.73 Å². The Morgan fingerprint density at radius 2 is 1.73 bits per heavy atom. The van der Waals surface area contributed by atoms with E-state index in [1.54, 1.807) is 6.26 Å². The number of nitrogens with two attached hydrogens (primary N) is 1. The van der Waals surface area contributed by atoms with Crippen molar-refractivity contribution < 1.29 is 4.74 Å². The highest BCUT2D eigenvalue weighted by molar-refractivity contribution is 5.85. The molecular weight excluding hydrogens is 370 g/mol. The fourth-order valence-electron chi connectivity index (χ4n) is 4.31. The van der Waals surface area contributed by atoms with Crippen molar-refractivity contribution in [1.29, 1.82) is 0 Å². The fraction of sp³-hybridized carbons (Fsp3) is 0.269. The van der Waals surface area contributed by atoms with Crippen molar-refractivity contribution in [3.8, 4) is 28.3 Å². The van der Waals surface area contributed by atoms with Crippen LogP contribution in [0.5, 0.6) is 5.88 Å². The van der Waals surface area contributed by atoms with Gasteiger partial charge in [-0.15, -0.1) is 0 Å². The standard InChI is InChI=1S/C26H27N3O/c1-18(2)29-15-16-30-25-23(29)17-22(19-7-4-3-5-8-19)24(28-25)20-9-11-21(12-10-20)26(27)13-6-14-26/h3-5,7-12,15-18H,6,13-14,27H2,1-2H3. The molecule has 2 aromatic carbocycles. The summed E-state index contributed by atoms with van der Waals surface area (Å²) in [7, 11) is 0. The lowest BCUT2D eigenvalue weighted by Gasteiger charge is -2.38. The Kier molecular flexibility index (Phi) is 4.59. The Hall–Kier alpha value is -3.11. The van der Waals surface area contributed by atoms with Crippen LogP contribution >= 0.6 is 0 Å². The Labute approximate surface area is 178 Å². The van der Waals surface area contributed by atoms with E-state index in [0.29, 0.717) is 11.9 Å². The molecule has 152 valence electrons. The summed E-state index contributed by atoms with van der Waals surface area (Å²) in [6.07, 6.45) is 7.00. The van der Waals surface area contributed by atoms with E-state index in [1.165, 1.54) is 12.0 Å². The number of rotatable bonds is 4. The average molecular weight is 398 g/mol. The first kappa shape index (κ1) is 18.9. The molecular formula is C26H27N3O. The molecule has 0 saturated heterocycles. The molecule has 2 N–H and O–H groups in total. The summed E-state index contributed by atoms with van der Waals surface area (Å²) in [6, 6.07) is 21.5. The van der Waals surface area contributed by atoms with Crippen LogP contribution in [0.1, 0.15) is 38.7 Å². The largest absolute Gasteiger partial charge is 0.443 e. The van der Waals surface area contributed by atoms with Crippen molar-refractivity contribution in [2.75, 3.05) is 4.90 Å². The third-order valence-corrected chi connectivity index (χ3v) is 6.27. The third-order valence-electron chi connectivity index (χ3n) is 6.27. The number of benzene rings is 2. The first-order valence-corrected chi connectivity index (χ1v) is 10.7. The zero-order chi connectivity index (χ0) is 20.7. The maximum atomic E-state index is 6.52. The van der Waals surface area contributed by atoms with Crippen LogP contribution in [-0.2, 0) is 5.54 Å². The van der Waals surface area contributed by atoms with Gasteiger partial charge in [-0.25, -0.2) is 4.98 Å². The first-order chi connectivity index (χ1) is 14.5. The number of pyridine rings is 1. The van der Waals surface area contributed by atoms with E-state index >= 15 is 0 Å². The second-order valence-electron chi connectivity index (χ2n) is 8.57. The summed E-state index contributed by atoms with van der Waals surface area (Å²) >= 11 is 0. The maximum absolute atomic E-state index is 6.52. The molecule has 4 nitrogen and oxygen atoms in total. The van der Waals surface area contributed by atoms with Gasteiger partial charge >= 0.3 is 0 Å². The molecule has 4 heteroatoms. The molecule has 1 saturated carbocycles. The third kappa shape index (κ3) is 3.17. The van der Waals surface area contributed by atoms with Gasteiger partial charge in [-0.2, -0.15) is 0 Å². The number of fused-ring (bicyclic) bond motifs is 1. The van der Waals surface area contributed by atoms with Crippen LogP contribution < -0.4 is 15.4 Å². The van der Waals surface area contributed by atoms with Gasteiger partial charge in [0.05, 0.1) is 5.69 Å². The molecule has 0 spiro atoms. The summed E-state index contributed by atoms with van der Waals surface area (Å²) in [4.78, 5) is 7.17. The highest BCUT2D eigenvalue weighted by Gasteiger charge is 2.34. The number of ether oxygens (including phenoxy) is 1. The molecule has 2 heterocycles. The molecule has 0 bridgehead atoms. The lowest BCUT2D eigenvalue weighted by atomic mass is 9.72. The predicted octanol–water partition coefficient (Wildman–Crippen LogP) is 5.83. The zero-order valence-corrected chi connectivity index (χ0v) is 17.5. The normalized spacial score (nSPS) is 16.7. The highest BCUT2D eigenvalue weighted by Crippen LogP contribution is 2.42. The molecule has 1 fully saturated rings. The number of anilines is 1. The number of nitrogens with zero attached hydrogens (tertiary/aromatic N) is 2. The Morgan fingerprint density at radius 1 is 1.00 bits per heavy atom. The van der Waals surface area contributed by atoms with Crippen molar-refractivity contribution >= 4 is 5.69 Å². The average Bonchev–Trinajstić information content (AvgIpc) is 2.76. The summed E-state index contributed by atoms with van der Waals surface area (Å²) in [5.41, 5.74) is 12.8. The SMILES string of the molecule is CC(C)N1C=COc2nc(-c3ccc(C4(N)CCC4)cc3)c(-c3ccccc3)cc21. The summed E-state index contributed by atoms with van der Waals surface area (Å²) in [5, 5.41) is 0. The Balaban J connectivity index is 1.64. The molecule has 5 rings (SSSR count). The van der Waals surface area contributed by atoms with Crippen LogP contribution in [-0.4, -0.2) is 11.0 Å². The van der Waals surface area contributed by atoms with Gasteiger partial charge in [0.25, 0.3) is 0 Å². The molecule has 1 aliphatic carbocycles. The van der Waals surface area contributed by atoms with Crippen LogP contribution in [0.25, 0.3) is 22.4 Å². The van der Waals surface area contributed by atoms with Crippen molar-refractivity contribution in [2.45, 2.75) is 44.7 Å². The monoisotopic (exact) mass is 397 g/mol. The number of aromatic nitrogens is 1. The van der Waals surface area contributed by atoms with Gasteiger partial charge in [0, 0.05) is 28.9 Å². The molecule has 1 aromatic heterocycles. The van der Waals surface area contributed by atoms with Crippen LogP contribution in [0.4, 0.5) is 5.69 Å². The molecule has 1 aliphatic heterocycles. The van der Waals surface area contributed by atoms with Gasteiger partial charge in [0.15, 0.2) is 0 Å². The zero-order valence-electron chi connectivity index (χ0n) is 17.5. The van der Waals surface area contributed by atoms with Gasteiger partial charge in [0.2, 0.25) is 5.88 Å². The smallest absolute Gasteiger partial charge is 0.243 e. The number of hydrogen-bond donors (Lipinski definition) is 1. The minimum absolute atomic E-state index is 0.157. The highest BCUT2D eigenvalue weighted by atomic mass is 16.5. The Bertz CT molecular complexity index is 1080. The lowest BCUT2D eigenvalue weighted by Crippen LogP contribution is -2.43. The van der Waals surface area contributed by atoms with Crippen LogP contribution in [0.3, 0.4) is 0 Å². The first-order valence-electron chi connectivity index (χ1n) is 10.7. The summed E-state index contributed by atoms with van der Waals surface area (Å²) < 4.78 is 5.81. The molecule has 0 amide bonds. The summed E-state index contributed by atoms with van der Waals surface area (Å²) in [5.74, 6) is 0.638. The van der Waals surface area contributed by atoms with Gasteiger partial charge in [0.1, 0.15) is 11.9 Å². The van der Waals surface area contributed by atoms with Gasteiger partial charge in [-0.1, -0.05) is 54.6 Å². The van der Waals surface area contributed by atoms with Crippen LogP contribution in [0.2, 0.25) is 0 Å². The van der Waals surface area contributed by atoms with E-state index in [1.807, 2.05) is 12.3 Å². The molecule has 0 atom stereocenters. The topological polar surface area (TPSA) is 51.4 Å². The van der Waals surface area contributed by atoms with Crippen LogP contribution in [0, 0.1) is 0 Å². The lowest BCUT2D eigenvalue weighted by molar-refractivity contribution is 0.253. The van der Waals surface area contributed by atoms with Crippen molar-refractivity contribution in [1.82, 2.24) is 4.98 Å². The minimum atomic E-state index is -0.157. The predicted molar refractivity (Wildman–Crippen MR) is 122 cm³/mol. The number of hydrogen-bond acceptors (Lipinski definition) is 4. The fourth-order valence-corrected chi connectivity index (χ4v) is 4.31. The molecule has 30 heavy (non-hydrogen) atoms. The quantitative estimate of drug-likeness (QED) is 0.602. The van der Waals surface area contributed by atoms with E-state index in [4.69, 9.17) is 15.5 Å². The maximum Gasteiger partial charge on any atom is 0.243 e. The van der Waals surface area contributed by atoms with E-state index in [0.717, 1.165) is 40.9 Å². The van der Waals surface area contributed by atoms with Gasteiger partial charge in [-0.3, -0.25) is 0 Å². The van der Waals surface area contributed by atoms with Gasteiger partial charge in [-0.05, 0) is 50.3 Å². The molecule has 0 radical (unpaired) electrons. The van der Waals surface area contributed by atoms with Crippen molar-refractivity contribution in [3.63, 3.8) is 0 Å². The van der Waals surface area contributed by atoms with E-state index in [2.05, 4.69) is 73.3 Å². The van der Waals surface area contributed by atoms with E-state index < -0.39 is 0 Å². The summed E-state index contributed by atoms with van der Waals surface area (Å²) in [6.45, 7) is 4.33. The second-order valence-corrected chi connectivity index (χ2v) is 8.57.